The zero-order chi connectivity index (χ0) is 10.4. The van der Waals surface area contributed by atoms with Gasteiger partial charge in [0.2, 0.25) is 0 Å². The number of hydrogen-bond acceptors (Lipinski definition) is 2. The molecule has 0 saturated heterocycles. The van der Waals surface area contributed by atoms with E-state index in [9.17, 15) is 4.79 Å². The number of methoxy groups -OCH3 is 1. The van der Waals surface area contributed by atoms with Crippen molar-refractivity contribution in [3.8, 4) is 0 Å². The Morgan fingerprint density at radius 2 is 2.07 bits per heavy atom. The molecular formula is C11H11ClO2. The fraction of sp³-hybridized carbons (Fsp3) is 0.182. The third-order valence-electron chi connectivity index (χ3n) is 1.73. The summed E-state index contributed by atoms with van der Waals surface area (Å²) in [7, 11) is 1.34. The molecule has 0 radical (unpaired) electrons. The van der Waals surface area contributed by atoms with E-state index in [0.717, 1.165) is 5.56 Å². The Bertz CT molecular complexity index is 330. The van der Waals surface area contributed by atoms with Gasteiger partial charge < -0.3 is 4.74 Å². The number of ether oxygens (including phenoxy) is 1. The van der Waals surface area contributed by atoms with Crippen LogP contribution < -0.4 is 0 Å². The Hall–Kier alpha value is -1.28. The lowest BCUT2D eigenvalue weighted by Gasteiger charge is -2.00. The molecule has 1 aromatic carbocycles. The van der Waals surface area contributed by atoms with Gasteiger partial charge in [-0.25, -0.2) is 4.79 Å². The molecule has 74 valence electrons. The quantitative estimate of drug-likeness (QED) is 0.435. The van der Waals surface area contributed by atoms with Crippen molar-refractivity contribution < 1.29 is 9.53 Å². The first kappa shape index (κ1) is 10.8. The average molecular weight is 211 g/mol. The monoisotopic (exact) mass is 210 g/mol. The number of halogens is 1. The number of carbonyl (C=O) groups is 1. The average Bonchev–Trinajstić information content (AvgIpc) is 2.26. The molecule has 0 atom stereocenters. The van der Waals surface area contributed by atoms with Gasteiger partial charge >= 0.3 is 5.97 Å². The molecule has 0 spiro atoms. The molecule has 0 saturated carbocycles. The summed E-state index contributed by atoms with van der Waals surface area (Å²) in [4.78, 5) is 11.2. The van der Waals surface area contributed by atoms with Gasteiger partial charge in [0.15, 0.2) is 0 Å². The second-order valence-electron chi connectivity index (χ2n) is 2.71. The molecule has 0 heterocycles. The van der Waals surface area contributed by atoms with Crippen LogP contribution in [0.3, 0.4) is 0 Å². The van der Waals surface area contributed by atoms with E-state index >= 15 is 0 Å². The zero-order valence-electron chi connectivity index (χ0n) is 7.87. The second-order valence-corrected chi connectivity index (χ2v) is 2.97. The molecule has 1 aromatic rings. The Morgan fingerprint density at radius 3 is 2.57 bits per heavy atom. The van der Waals surface area contributed by atoms with Crippen molar-refractivity contribution in [3.05, 3.63) is 41.5 Å². The van der Waals surface area contributed by atoms with Gasteiger partial charge in [-0.3, -0.25) is 0 Å². The van der Waals surface area contributed by atoms with E-state index in [-0.39, 0.29) is 11.8 Å². The van der Waals surface area contributed by atoms with Crippen molar-refractivity contribution in [2.75, 3.05) is 13.0 Å². The largest absolute Gasteiger partial charge is 0.466 e. The molecule has 14 heavy (non-hydrogen) atoms. The first-order valence-electron chi connectivity index (χ1n) is 4.18. The van der Waals surface area contributed by atoms with Gasteiger partial charge in [0.1, 0.15) is 0 Å². The van der Waals surface area contributed by atoms with Crippen molar-refractivity contribution in [1.29, 1.82) is 0 Å². The number of carbonyl (C=O) groups excluding carboxylic acids is 1. The molecule has 2 nitrogen and oxygen atoms in total. The summed E-state index contributed by atoms with van der Waals surface area (Å²) in [6, 6.07) is 9.50. The maximum Gasteiger partial charge on any atom is 0.334 e. The van der Waals surface area contributed by atoms with E-state index in [4.69, 9.17) is 11.6 Å². The highest BCUT2D eigenvalue weighted by molar-refractivity contribution is 6.23. The van der Waals surface area contributed by atoms with Gasteiger partial charge in [-0.15, -0.1) is 11.6 Å². The van der Waals surface area contributed by atoms with Crippen molar-refractivity contribution in [2.45, 2.75) is 0 Å². The number of benzene rings is 1. The first-order chi connectivity index (χ1) is 6.77. The number of rotatable bonds is 3. The van der Waals surface area contributed by atoms with Crippen LogP contribution in [0, 0.1) is 0 Å². The van der Waals surface area contributed by atoms with E-state index in [1.807, 2.05) is 30.3 Å². The van der Waals surface area contributed by atoms with E-state index in [2.05, 4.69) is 4.74 Å². The molecule has 0 aromatic heterocycles. The Labute approximate surface area is 88.1 Å². The fourth-order valence-electron chi connectivity index (χ4n) is 1.03. The Morgan fingerprint density at radius 1 is 1.43 bits per heavy atom. The van der Waals surface area contributed by atoms with Crippen molar-refractivity contribution >= 4 is 23.6 Å². The first-order valence-corrected chi connectivity index (χ1v) is 4.71. The molecule has 3 heteroatoms. The number of esters is 1. The van der Waals surface area contributed by atoms with E-state index in [1.54, 1.807) is 6.08 Å². The highest BCUT2D eigenvalue weighted by Gasteiger charge is 2.07. The maximum absolute atomic E-state index is 11.2. The van der Waals surface area contributed by atoms with E-state index < -0.39 is 0 Å². The number of alkyl halides is 1. The molecule has 0 fully saturated rings. The summed E-state index contributed by atoms with van der Waals surface area (Å²) in [5, 5.41) is 0. The van der Waals surface area contributed by atoms with Crippen LogP contribution >= 0.6 is 11.6 Å². The van der Waals surface area contributed by atoms with Crippen LogP contribution in [-0.2, 0) is 9.53 Å². The van der Waals surface area contributed by atoms with E-state index in [0.29, 0.717) is 5.57 Å². The molecular weight excluding hydrogens is 200 g/mol. The van der Waals surface area contributed by atoms with Gasteiger partial charge in [-0.2, -0.15) is 0 Å². The van der Waals surface area contributed by atoms with Crippen molar-refractivity contribution in [2.24, 2.45) is 0 Å². The predicted octanol–water partition coefficient (Wildman–Crippen LogP) is 2.48. The zero-order valence-corrected chi connectivity index (χ0v) is 8.62. The highest BCUT2D eigenvalue weighted by atomic mass is 35.5. The van der Waals surface area contributed by atoms with Gasteiger partial charge in [0, 0.05) is 0 Å². The molecule has 0 N–H and O–H groups in total. The van der Waals surface area contributed by atoms with Crippen LogP contribution in [0.25, 0.3) is 6.08 Å². The molecule has 0 aliphatic rings. The van der Waals surface area contributed by atoms with Crippen molar-refractivity contribution in [1.82, 2.24) is 0 Å². The summed E-state index contributed by atoms with van der Waals surface area (Å²) < 4.78 is 4.58. The van der Waals surface area contributed by atoms with Gasteiger partial charge in [0.25, 0.3) is 0 Å². The third-order valence-corrected chi connectivity index (χ3v) is 2.02. The lowest BCUT2D eigenvalue weighted by molar-refractivity contribution is -0.135. The summed E-state index contributed by atoms with van der Waals surface area (Å²) in [6.07, 6.45) is 1.72. The lowest BCUT2D eigenvalue weighted by Crippen LogP contribution is -2.05. The smallest absolute Gasteiger partial charge is 0.334 e. The minimum absolute atomic E-state index is 0.154. The Balaban J connectivity index is 2.89. The minimum atomic E-state index is -0.385. The minimum Gasteiger partial charge on any atom is -0.466 e. The van der Waals surface area contributed by atoms with Gasteiger partial charge in [-0.1, -0.05) is 30.3 Å². The molecule has 0 amide bonds. The molecule has 0 aliphatic carbocycles. The van der Waals surface area contributed by atoms with Crippen LogP contribution in [0.2, 0.25) is 0 Å². The third kappa shape index (κ3) is 2.89. The molecule has 0 unspecified atom stereocenters. The van der Waals surface area contributed by atoms with Crippen LogP contribution in [0.4, 0.5) is 0 Å². The lowest BCUT2D eigenvalue weighted by atomic mass is 10.1. The standard InChI is InChI=1S/C11H11ClO2/c1-14-11(13)10(8-12)7-9-5-3-2-4-6-9/h2-7H,8H2,1H3/b10-7+. The van der Waals surface area contributed by atoms with Crippen LogP contribution in [0.1, 0.15) is 5.56 Å². The summed E-state index contributed by atoms with van der Waals surface area (Å²) in [6.45, 7) is 0. The maximum atomic E-state index is 11.2. The number of hydrogen-bond donors (Lipinski definition) is 0. The summed E-state index contributed by atoms with van der Waals surface area (Å²) in [5.74, 6) is -0.231. The van der Waals surface area contributed by atoms with Gasteiger partial charge in [-0.05, 0) is 11.6 Å². The van der Waals surface area contributed by atoms with Crippen molar-refractivity contribution in [3.63, 3.8) is 0 Å². The second kappa shape index (κ2) is 5.45. The molecule has 0 aliphatic heterocycles. The highest BCUT2D eigenvalue weighted by Crippen LogP contribution is 2.09. The SMILES string of the molecule is COC(=O)/C(=C/c1ccccc1)CCl. The topological polar surface area (TPSA) is 26.3 Å². The fourth-order valence-corrected chi connectivity index (χ4v) is 1.22. The van der Waals surface area contributed by atoms with E-state index in [1.165, 1.54) is 7.11 Å². The van der Waals surface area contributed by atoms with Crippen LogP contribution in [0.15, 0.2) is 35.9 Å². The van der Waals surface area contributed by atoms with Crippen LogP contribution in [0.5, 0.6) is 0 Å². The summed E-state index contributed by atoms with van der Waals surface area (Å²) in [5.41, 5.74) is 1.40. The van der Waals surface area contributed by atoms with Gasteiger partial charge in [0.05, 0.1) is 18.6 Å². The normalized spacial score (nSPS) is 11.1. The molecule has 0 bridgehead atoms. The predicted molar refractivity (Wildman–Crippen MR) is 57.2 cm³/mol. The van der Waals surface area contributed by atoms with Crippen LogP contribution in [-0.4, -0.2) is 19.0 Å². The molecule has 1 rings (SSSR count). The Kier molecular flexibility index (Phi) is 4.20. The summed E-state index contributed by atoms with van der Waals surface area (Å²) >= 11 is 5.62.